The molecular formula is C25H22FN3O5S. The van der Waals surface area contributed by atoms with Gasteiger partial charge in [0.25, 0.3) is 5.91 Å². The van der Waals surface area contributed by atoms with Crippen molar-refractivity contribution in [2.75, 3.05) is 31.1 Å². The van der Waals surface area contributed by atoms with Gasteiger partial charge in [-0.2, -0.15) is 4.98 Å². The minimum absolute atomic E-state index is 0.0875. The van der Waals surface area contributed by atoms with Gasteiger partial charge < -0.3 is 18.6 Å². The second kappa shape index (κ2) is 9.03. The molecule has 2 aromatic carbocycles. The number of aryl methyl sites for hydroxylation is 1. The third kappa shape index (κ3) is 4.44. The van der Waals surface area contributed by atoms with Crippen LogP contribution in [0.2, 0.25) is 0 Å². The zero-order valence-electron chi connectivity index (χ0n) is 18.8. The number of halogens is 1. The number of carbonyl (C=O) groups is 1. The fourth-order valence-electron chi connectivity index (χ4n) is 3.89. The van der Waals surface area contributed by atoms with Crippen LogP contribution in [0.3, 0.4) is 0 Å². The lowest BCUT2D eigenvalue weighted by Crippen LogP contribution is -2.49. The third-order valence-electron chi connectivity index (χ3n) is 5.84. The highest BCUT2D eigenvalue weighted by molar-refractivity contribution is 7.91. The van der Waals surface area contributed by atoms with Gasteiger partial charge in [0.2, 0.25) is 26.6 Å². The number of anilines is 1. The Hall–Kier alpha value is -3.92. The number of nitrogens with zero attached hydrogens (tertiary/aromatic N) is 3. The molecular weight excluding hydrogens is 473 g/mol. The van der Waals surface area contributed by atoms with Crippen molar-refractivity contribution in [3.05, 3.63) is 84.1 Å². The summed E-state index contributed by atoms with van der Waals surface area (Å²) in [5.41, 5.74) is 1.67. The van der Waals surface area contributed by atoms with Gasteiger partial charge >= 0.3 is 0 Å². The predicted octanol–water partition coefficient (Wildman–Crippen LogP) is 4.18. The summed E-state index contributed by atoms with van der Waals surface area (Å²) < 4.78 is 51.6. The van der Waals surface area contributed by atoms with Gasteiger partial charge in [-0.3, -0.25) is 4.79 Å². The van der Waals surface area contributed by atoms with Gasteiger partial charge in [0.1, 0.15) is 5.82 Å². The highest BCUT2D eigenvalue weighted by atomic mass is 32.2. The number of benzene rings is 2. The number of hydrogen-bond donors (Lipinski definition) is 0. The average molecular weight is 496 g/mol. The summed E-state index contributed by atoms with van der Waals surface area (Å²) in [6.45, 7) is 3.30. The Kier molecular flexibility index (Phi) is 5.89. The standard InChI is InChI=1S/C25H22FN3O5S/c1-17-4-6-18(7-5-17)22-27-23(35(31,32)20-10-8-19(26)9-11-20)25(34-22)29-14-12-28(13-15-29)24(30)21-3-2-16-33-21/h2-11,16H,12-15H2,1H3. The molecule has 0 bridgehead atoms. The number of oxazole rings is 1. The van der Waals surface area contributed by atoms with Crippen molar-refractivity contribution in [3.8, 4) is 11.5 Å². The van der Waals surface area contributed by atoms with Crippen molar-refractivity contribution in [1.29, 1.82) is 0 Å². The average Bonchev–Trinajstić information content (AvgIpc) is 3.56. The molecule has 0 unspecified atom stereocenters. The van der Waals surface area contributed by atoms with E-state index in [4.69, 9.17) is 8.83 Å². The van der Waals surface area contributed by atoms with E-state index in [1.807, 2.05) is 19.1 Å². The van der Waals surface area contributed by atoms with E-state index in [-0.39, 0.29) is 33.4 Å². The Labute approximate surface area is 201 Å². The van der Waals surface area contributed by atoms with E-state index in [0.717, 1.165) is 17.7 Å². The molecule has 3 heterocycles. The zero-order chi connectivity index (χ0) is 24.6. The van der Waals surface area contributed by atoms with E-state index in [9.17, 15) is 17.6 Å². The van der Waals surface area contributed by atoms with Gasteiger partial charge in [-0.15, -0.1) is 0 Å². The van der Waals surface area contributed by atoms with E-state index in [1.165, 1.54) is 18.4 Å². The molecule has 1 aliphatic rings. The third-order valence-corrected chi connectivity index (χ3v) is 7.51. The van der Waals surface area contributed by atoms with Gasteiger partial charge in [0.05, 0.1) is 11.2 Å². The first-order valence-corrected chi connectivity index (χ1v) is 12.5. The number of piperazine rings is 1. The second-order valence-corrected chi connectivity index (χ2v) is 10.1. The topological polar surface area (TPSA) is 96.9 Å². The van der Waals surface area contributed by atoms with Gasteiger partial charge in [-0.05, 0) is 55.5 Å². The maximum Gasteiger partial charge on any atom is 0.289 e. The maximum absolute atomic E-state index is 13.5. The lowest BCUT2D eigenvalue weighted by atomic mass is 10.1. The molecule has 0 spiro atoms. The number of rotatable bonds is 5. The Morgan fingerprint density at radius 1 is 0.971 bits per heavy atom. The Morgan fingerprint density at radius 2 is 1.66 bits per heavy atom. The summed E-state index contributed by atoms with van der Waals surface area (Å²) in [5, 5.41) is -0.245. The van der Waals surface area contributed by atoms with Crippen molar-refractivity contribution >= 4 is 21.6 Å². The first-order valence-electron chi connectivity index (χ1n) is 11.0. The van der Waals surface area contributed by atoms with E-state index in [0.29, 0.717) is 31.7 Å². The van der Waals surface area contributed by atoms with Crippen LogP contribution in [0.4, 0.5) is 10.3 Å². The Bertz CT molecular complexity index is 1440. The van der Waals surface area contributed by atoms with Crippen LogP contribution in [0.25, 0.3) is 11.5 Å². The van der Waals surface area contributed by atoms with Crippen molar-refractivity contribution < 1.29 is 26.4 Å². The number of hydrogen-bond acceptors (Lipinski definition) is 7. The highest BCUT2D eigenvalue weighted by Gasteiger charge is 2.34. The molecule has 0 atom stereocenters. The van der Waals surface area contributed by atoms with Gasteiger partial charge in [-0.25, -0.2) is 12.8 Å². The molecule has 10 heteroatoms. The van der Waals surface area contributed by atoms with Crippen molar-refractivity contribution in [1.82, 2.24) is 9.88 Å². The first-order chi connectivity index (χ1) is 16.8. The van der Waals surface area contributed by atoms with Crippen molar-refractivity contribution in [2.45, 2.75) is 16.8 Å². The number of aromatic nitrogens is 1. The van der Waals surface area contributed by atoms with Gasteiger partial charge in [-0.1, -0.05) is 17.7 Å². The zero-order valence-corrected chi connectivity index (χ0v) is 19.7. The molecule has 2 aromatic heterocycles. The Balaban J connectivity index is 1.49. The molecule has 35 heavy (non-hydrogen) atoms. The van der Waals surface area contributed by atoms with Crippen LogP contribution in [0.15, 0.2) is 85.7 Å². The van der Waals surface area contributed by atoms with Crippen molar-refractivity contribution in [2.24, 2.45) is 0 Å². The molecule has 8 nitrogen and oxygen atoms in total. The summed E-state index contributed by atoms with van der Waals surface area (Å²) in [6, 6.07) is 15.2. The minimum atomic E-state index is -4.11. The number of amides is 1. The van der Waals surface area contributed by atoms with Crippen molar-refractivity contribution in [3.63, 3.8) is 0 Å². The largest absolute Gasteiger partial charge is 0.459 e. The summed E-state index contributed by atoms with van der Waals surface area (Å²) in [4.78, 5) is 20.3. The molecule has 0 N–H and O–H groups in total. The van der Waals surface area contributed by atoms with Crippen LogP contribution in [0, 0.1) is 12.7 Å². The smallest absolute Gasteiger partial charge is 0.289 e. The highest BCUT2D eigenvalue weighted by Crippen LogP contribution is 2.35. The summed E-state index contributed by atoms with van der Waals surface area (Å²) in [7, 11) is -4.11. The fourth-order valence-corrected chi connectivity index (χ4v) is 5.21. The van der Waals surface area contributed by atoms with Gasteiger partial charge in [0, 0.05) is 31.7 Å². The first kappa shape index (κ1) is 22.9. The van der Waals surface area contributed by atoms with Crippen LogP contribution in [-0.2, 0) is 9.84 Å². The molecule has 5 rings (SSSR count). The SMILES string of the molecule is Cc1ccc(-c2nc(S(=O)(=O)c3ccc(F)cc3)c(N3CCN(C(=O)c4ccco4)CC3)o2)cc1. The molecule has 180 valence electrons. The van der Waals surface area contributed by atoms with Crippen LogP contribution in [0.1, 0.15) is 16.1 Å². The van der Waals surface area contributed by atoms with E-state index < -0.39 is 15.7 Å². The molecule has 4 aromatic rings. The predicted molar refractivity (Wildman–Crippen MR) is 125 cm³/mol. The van der Waals surface area contributed by atoms with E-state index >= 15 is 0 Å². The number of carbonyl (C=O) groups excluding carboxylic acids is 1. The van der Waals surface area contributed by atoms with Crippen LogP contribution >= 0.6 is 0 Å². The molecule has 1 saturated heterocycles. The normalized spacial score (nSPS) is 14.3. The van der Waals surface area contributed by atoms with Crippen LogP contribution in [-0.4, -0.2) is 50.4 Å². The lowest BCUT2D eigenvalue weighted by Gasteiger charge is -2.34. The van der Waals surface area contributed by atoms with E-state index in [2.05, 4.69) is 4.98 Å². The maximum atomic E-state index is 13.5. The molecule has 1 fully saturated rings. The fraction of sp³-hybridized carbons (Fsp3) is 0.200. The van der Waals surface area contributed by atoms with E-state index in [1.54, 1.807) is 34.1 Å². The second-order valence-electron chi connectivity index (χ2n) is 8.21. The van der Waals surface area contributed by atoms with Crippen LogP contribution < -0.4 is 4.90 Å². The molecule has 0 radical (unpaired) electrons. The number of sulfone groups is 1. The van der Waals surface area contributed by atoms with Crippen LogP contribution in [0.5, 0.6) is 0 Å². The summed E-state index contributed by atoms with van der Waals surface area (Å²) in [6.07, 6.45) is 1.44. The molecule has 0 saturated carbocycles. The molecule has 1 amide bonds. The molecule has 1 aliphatic heterocycles. The summed E-state index contributed by atoms with van der Waals surface area (Å²) in [5.74, 6) is -0.266. The Morgan fingerprint density at radius 3 is 2.29 bits per heavy atom. The minimum Gasteiger partial charge on any atom is -0.459 e. The summed E-state index contributed by atoms with van der Waals surface area (Å²) >= 11 is 0. The lowest BCUT2D eigenvalue weighted by molar-refractivity contribution is 0.0713. The quantitative estimate of drug-likeness (QED) is 0.383. The number of furan rings is 1. The van der Waals surface area contributed by atoms with Gasteiger partial charge in [0.15, 0.2) is 5.76 Å². The monoisotopic (exact) mass is 495 g/mol. The molecule has 0 aliphatic carbocycles.